The van der Waals surface area contributed by atoms with Crippen molar-refractivity contribution in [2.45, 2.75) is 69.3 Å². The van der Waals surface area contributed by atoms with Crippen LogP contribution in [-0.4, -0.2) is 82.0 Å². The molecule has 0 spiro atoms. The molecule has 0 aromatic heterocycles. The lowest BCUT2D eigenvalue weighted by atomic mass is 9.88. The average Bonchev–Trinajstić information content (AvgIpc) is 3.83. The number of nitriles is 1. The molecule has 228 valence electrons. The van der Waals surface area contributed by atoms with Gasteiger partial charge in [0.25, 0.3) is 5.92 Å². The number of halogens is 5. The molecule has 0 bridgehead atoms. The van der Waals surface area contributed by atoms with Gasteiger partial charge in [-0.3, -0.25) is 14.5 Å². The number of nitrogens with one attached hydrogen (secondary N) is 1. The molecule has 2 heterocycles. The number of piperazine rings is 1. The summed E-state index contributed by atoms with van der Waals surface area (Å²) in [6, 6.07) is 3.33. The van der Waals surface area contributed by atoms with E-state index in [0.717, 1.165) is 11.0 Å². The van der Waals surface area contributed by atoms with Gasteiger partial charge in [-0.25, -0.2) is 13.6 Å². The Labute approximate surface area is 239 Å². The monoisotopic (exact) mass is 597 g/mol. The van der Waals surface area contributed by atoms with Crippen LogP contribution in [0.1, 0.15) is 55.7 Å². The third-order valence-corrected chi connectivity index (χ3v) is 9.02. The van der Waals surface area contributed by atoms with Crippen molar-refractivity contribution in [3.05, 3.63) is 34.9 Å². The van der Waals surface area contributed by atoms with Crippen LogP contribution < -0.4 is 5.32 Å². The third kappa shape index (κ3) is 5.75. The highest BCUT2D eigenvalue weighted by atomic mass is 19.4. The Morgan fingerprint density at radius 2 is 1.69 bits per heavy atom. The molecule has 5 rings (SSSR count). The van der Waals surface area contributed by atoms with Crippen LogP contribution in [0.25, 0.3) is 0 Å². The van der Waals surface area contributed by atoms with E-state index in [9.17, 15) is 32.8 Å². The largest absolute Gasteiger partial charge is 0.465 e. The number of carboxylic acid groups (broad SMARTS) is 1. The van der Waals surface area contributed by atoms with E-state index in [2.05, 4.69) is 5.32 Å². The van der Waals surface area contributed by atoms with Crippen molar-refractivity contribution in [2.75, 3.05) is 32.7 Å². The fourth-order valence-corrected chi connectivity index (χ4v) is 5.82. The predicted molar refractivity (Wildman–Crippen MR) is 137 cm³/mol. The summed E-state index contributed by atoms with van der Waals surface area (Å²) >= 11 is 0. The molecule has 2 N–H and O–H groups in total. The van der Waals surface area contributed by atoms with Gasteiger partial charge in [0.1, 0.15) is 11.6 Å². The molecular weight excluding hydrogens is 565 g/mol. The standard InChI is InChI=1S/C28H32F5N5O4/c1-25(4-5-25)23(40)38-15-18(13-21(38)22(39)35-26(16-34)6-7-26)27(29,30)19-3-2-17(12-20(19)28(31,32)33)14-36-8-10-37(11-9-36)24(41)42/h2-3,12,18,21H,4-11,13-15H2,1H3,(H,35,39)(H,41,42)/t18-,21+/m1/s1. The van der Waals surface area contributed by atoms with E-state index in [4.69, 9.17) is 5.11 Å². The quantitative estimate of drug-likeness (QED) is 0.463. The summed E-state index contributed by atoms with van der Waals surface area (Å²) in [5.41, 5.74) is -4.46. The lowest BCUT2D eigenvalue weighted by Crippen LogP contribution is -2.50. The van der Waals surface area contributed by atoms with Crippen LogP contribution in [0.5, 0.6) is 0 Å². The van der Waals surface area contributed by atoms with Crippen LogP contribution in [-0.2, 0) is 28.2 Å². The number of benzene rings is 1. The van der Waals surface area contributed by atoms with Crippen LogP contribution >= 0.6 is 0 Å². The Bertz CT molecular complexity index is 1310. The summed E-state index contributed by atoms with van der Waals surface area (Å²) < 4.78 is 74.7. The Morgan fingerprint density at radius 3 is 2.21 bits per heavy atom. The summed E-state index contributed by atoms with van der Waals surface area (Å²) in [7, 11) is 0. The number of nitrogens with zero attached hydrogens (tertiary/aromatic N) is 4. The molecule has 14 heteroatoms. The number of hydrogen-bond donors (Lipinski definition) is 2. The van der Waals surface area contributed by atoms with Crippen LogP contribution in [0.2, 0.25) is 0 Å². The normalized spacial score (nSPS) is 25.1. The zero-order valence-corrected chi connectivity index (χ0v) is 23.0. The SMILES string of the molecule is CC1(C(=O)N2C[C@H](C(F)(F)c3ccc(CN4CCN(C(=O)O)CC4)cc3C(F)(F)F)C[C@H]2C(=O)NC2(C#N)CC2)CC1. The molecule has 42 heavy (non-hydrogen) atoms. The Kier molecular flexibility index (Phi) is 7.40. The van der Waals surface area contributed by atoms with Gasteiger partial charge in [0.15, 0.2) is 0 Å². The van der Waals surface area contributed by atoms with E-state index in [0.29, 0.717) is 31.7 Å². The summed E-state index contributed by atoms with van der Waals surface area (Å²) in [5.74, 6) is -7.02. The Morgan fingerprint density at radius 1 is 1.05 bits per heavy atom. The van der Waals surface area contributed by atoms with Gasteiger partial charge in [-0.2, -0.15) is 18.4 Å². The molecule has 2 aliphatic heterocycles. The molecule has 1 aromatic carbocycles. The fraction of sp³-hybridized carbons (Fsp3) is 0.643. The Hall–Kier alpha value is -3.47. The number of carbonyl (C=O) groups is 3. The van der Waals surface area contributed by atoms with Crippen molar-refractivity contribution in [3.63, 3.8) is 0 Å². The molecule has 0 radical (unpaired) electrons. The first-order valence-corrected chi connectivity index (χ1v) is 13.9. The second kappa shape index (κ2) is 10.4. The van der Waals surface area contributed by atoms with Crippen LogP contribution in [0.3, 0.4) is 0 Å². The van der Waals surface area contributed by atoms with Gasteiger partial charge in [0.05, 0.1) is 11.6 Å². The van der Waals surface area contributed by atoms with Crippen LogP contribution in [0.15, 0.2) is 18.2 Å². The lowest BCUT2D eigenvalue weighted by Gasteiger charge is -2.33. The maximum absolute atomic E-state index is 16.1. The topological polar surface area (TPSA) is 117 Å². The second-order valence-corrected chi connectivity index (χ2v) is 12.2. The van der Waals surface area contributed by atoms with E-state index in [1.54, 1.807) is 11.8 Å². The first-order chi connectivity index (χ1) is 19.6. The molecule has 3 amide bonds. The zero-order valence-electron chi connectivity index (χ0n) is 23.0. The van der Waals surface area contributed by atoms with Crippen molar-refractivity contribution < 1.29 is 41.4 Å². The van der Waals surface area contributed by atoms with Crippen molar-refractivity contribution in [3.8, 4) is 6.07 Å². The van der Waals surface area contributed by atoms with Crippen LogP contribution in [0.4, 0.5) is 26.7 Å². The molecule has 4 aliphatic rings. The maximum Gasteiger partial charge on any atom is 0.416 e. The van der Waals surface area contributed by atoms with Gasteiger partial charge in [0.2, 0.25) is 11.8 Å². The molecule has 2 aliphatic carbocycles. The van der Waals surface area contributed by atoms with Gasteiger partial charge in [-0.05, 0) is 43.7 Å². The average molecular weight is 598 g/mol. The minimum absolute atomic E-state index is 0.0234. The van der Waals surface area contributed by atoms with E-state index in [-0.39, 0.29) is 38.3 Å². The van der Waals surface area contributed by atoms with Gasteiger partial charge in [0, 0.05) is 56.2 Å². The number of carbonyl (C=O) groups excluding carboxylic acids is 2. The van der Waals surface area contributed by atoms with Gasteiger partial charge < -0.3 is 20.2 Å². The number of alkyl halides is 5. The molecule has 1 aromatic rings. The molecule has 2 saturated carbocycles. The number of rotatable bonds is 7. The summed E-state index contributed by atoms with van der Waals surface area (Å²) in [6.45, 7) is 2.02. The molecular formula is C28H32F5N5O4. The minimum Gasteiger partial charge on any atom is -0.465 e. The lowest BCUT2D eigenvalue weighted by molar-refractivity contribution is -0.146. The summed E-state index contributed by atoms with van der Waals surface area (Å²) in [5, 5.41) is 21.0. The van der Waals surface area contributed by atoms with Crippen molar-refractivity contribution >= 4 is 17.9 Å². The highest BCUT2D eigenvalue weighted by Gasteiger charge is 2.58. The molecule has 4 fully saturated rings. The van der Waals surface area contributed by atoms with Crippen molar-refractivity contribution in [1.82, 2.24) is 20.0 Å². The number of likely N-dealkylation sites (tertiary alicyclic amines) is 1. The summed E-state index contributed by atoms with van der Waals surface area (Å²) in [4.78, 5) is 41.5. The smallest absolute Gasteiger partial charge is 0.416 e. The molecule has 2 saturated heterocycles. The highest BCUT2D eigenvalue weighted by Crippen LogP contribution is 2.51. The van der Waals surface area contributed by atoms with E-state index < -0.39 is 77.0 Å². The van der Waals surface area contributed by atoms with Gasteiger partial charge in [-0.1, -0.05) is 19.1 Å². The molecule has 0 unspecified atom stereocenters. The van der Waals surface area contributed by atoms with Gasteiger partial charge in [-0.15, -0.1) is 0 Å². The van der Waals surface area contributed by atoms with E-state index >= 15 is 8.78 Å². The van der Waals surface area contributed by atoms with Crippen molar-refractivity contribution in [2.24, 2.45) is 11.3 Å². The maximum atomic E-state index is 16.1. The minimum atomic E-state index is -5.10. The van der Waals surface area contributed by atoms with E-state index in [1.807, 2.05) is 6.07 Å². The first-order valence-electron chi connectivity index (χ1n) is 13.9. The molecule has 9 nitrogen and oxygen atoms in total. The second-order valence-electron chi connectivity index (χ2n) is 12.2. The summed E-state index contributed by atoms with van der Waals surface area (Å²) in [6.07, 6.45) is -4.91. The number of hydrogen-bond acceptors (Lipinski definition) is 5. The fourth-order valence-electron chi connectivity index (χ4n) is 5.82. The van der Waals surface area contributed by atoms with E-state index in [1.165, 1.54) is 11.0 Å². The predicted octanol–water partition coefficient (Wildman–Crippen LogP) is 3.78. The zero-order chi connectivity index (χ0) is 30.7. The number of amides is 3. The Balaban J connectivity index is 1.39. The third-order valence-electron chi connectivity index (χ3n) is 9.02. The molecule has 2 atom stereocenters. The van der Waals surface area contributed by atoms with Gasteiger partial charge >= 0.3 is 12.3 Å². The van der Waals surface area contributed by atoms with Crippen molar-refractivity contribution in [1.29, 1.82) is 5.26 Å². The highest BCUT2D eigenvalue weighted by molar-refractivity contribution is 5.92. The van der Waals surface area contributed by atoms with Crippen LogP contribution in [0, 0.1) is 22.7 Å². The first kappa shape index (κ1) is 30.0.